The van der Waals surface area contributed by atoms with Crippen LogP contribution in [0.4, 0.5) is 0 Å². The minimum Gasteiger partial charge on any atom is -0.496 e. The van der Waals surface area contributed by atoms with Crippen molar-refractivity contribution in [3.8, 4) is 11.5 Å². The van der Waals surface area contributed by atoms with E-state index in [0.29, 0.717) is 27.1 Å². The molecule has 0 fully saturated rings. The number of ether oxygens (including phenoxy) is 2. The molecule has 0 N–H and O–H groups in total. The fourth-order valence-corrected chi connectivity index (χ4v) is 2.28. The summed E-state index contributed by atoms with van der Waals surface area (Å²) in [4.78, 5) is 14.6. The smallest absolute Gasteiger partial charge is 0.233 e. The quantitative estimate of drug-likeness (QED) is 0.423. The van der Waals surface area contributed by atoms with Crippen LogP contribution < -0.4 is 9.47 Å². The minimum atomic E-state index is -0.335. The summed E-state index contributed by atoms with van der Waals surface area (Å²) in [5, 5.41) is 1.03. The van der Waals surface area contributed by atoms with Gasteiger partial charge in [0.1, 0.15) is 11.5 Å². The molecule has 2 aromatic carbocycles. The predicted octanol–water partition coefficient (Wildman–Crippen LogP) is 4.67. The molecule has 0 amide bonds. The largest absolute Gasteiger partial charge is 0.496 e. The minimum absolute atomic E-state index is 0.142. The molecule has 4 nitrogen and oxygen atoms in total. The lowest BCUT2D eigenvalue weighted by atomic mass is 10.1. The molecule has 24 heavy (non-hydrogen) atoms. The van der Waals surface area contributed by atoms with E-state index in [9.17, 15) is 4.79 Å². The average molecular weight is 366 g/mol. The zero-order chi connectivity index (χ0) is 17.7. The van der Waals surface area contributed by atoms with Gasteiger partial charge in [-0.25, -0.2) is 0 Å². The Balaban J connectivity index is 2.39. The standard InChI is InChI=1S/C18H17Cl2NO3/c1-21(2)11-17(24-14-7-4-12(19)5-8-14)18(22)15-10-13(20)6-9-16(15)23-3/h4-11H,1-3H3. The number of nitrogens with zero attached hydrogens (tertiary/aromatic N) is 1. The molecule has 2 aromatic rings. The highest BCUT2D eigenvalue weighted by Crippen LogP contribution is 2.27. The molecule has 0 atom stereocenters. The Morgan fingerprint density at radius 1 is 1.04 bits per heavy atom. The van der Waals surface area contributed by atoms with E-state index >= 15 is 0 Å². The van der Waals surface area contributed by atoms with Gasteiger partial charge in [0.05, 0.1) is 12.7 Å². The van der Waals surface area contributed by atoms with Gasteiger partial charge in [-0.1, -0.05) is 23.2 Å². The average Bonchev–Trinajstić information content (AvgIpc) is 2.55. The summed E-state index contributed by atoms with van der Waals surface area (Å²) in [6.07, 6.45) is 1.59. The van der Waals surface area contributed by atoms with Crippen molar-refractivity contribution in [1.29, 1.82) is 0 Å². The van der Waals surface area contributed by atoms with Crippen LogP contribution in [0.2, 0.25) is 10.0 Å². The fraction of sp³-hybridized carbons (Fsp3) is 0.167. The van der Waals surface area contributed by atoms with Crippen LogP contribution in [0.15, 0.2) is 54.4 Å². The number of methoxy groups -OCH3 is 1. The van der Waals surface area contributed by atoms with E-state index in [4.69, 9.17) is 32.7 Å². The first-order chi connectivity index (χ1) is 11.4. The summed E-state index contributed by atoms with van der Waals surface area (Å²) >= 11 is 11.9. The van der Waals surface area contributed by atoms with Gasteiger partial charge in [0.2, 0.25) is 5.78 Å². The molecule has 0 unspecified atom stereocenters. The van der Waals surface area contributed by atoms with Crippen molar-refractivity contribution in [3.63, 3.8) is 0 Å². The molecule has 0 heterocycles. The molecule has 0 spiro atoms. The monoisotopic (exact) mass is 365 g/mol. The van der Waals surface area contributed by atoms with Crippen LogP contribution in [0.1, 0.15) is 10.4 Å². The van der Waals surface area contributed by atoms with Crippen LogP contribution in [-0.4, -0.2) is 31.9 Å². The number of carbonyl (C=O) groups excluding carboxylic acids is 1. The Kier molecular flexibility index (Phi) is 6.12. The summed E-state index contributed by atoms with van der Waals surface area (Å²) in [5.74, 6) is 0.733. The zero-order valence-corrected chi connectivity index (χ0v) is 15.1. The Hall–Kier alpha value is -2.17. The number of hydrogen-bond donors (Lipinski definition) is 0. The number of ketones is 1. The Labute approximate surface area is 151 Å². The SMILES string of the molecule is COc1ccc(Cl)cc1C(=O)C(=CN(C)C)Oc1ccc(Cl)cc1. The molecule has 0 bridgehead atoms. The summed E-state index contributed by atoms with van der Waals surface area (Å²) in [6, 6.07) is 11.6. The third kappa shape index (κ3) is 4.66. The molecular weight excluding hydrogens is 349 g/mol. The third-order valence-corrected chi connectivity index (χ3v) is 3.53. The lowest BCUT2D eigenvalue weighted by Gasteiger charge is -2.14. The first kappa shape index (κ1) is 18.2. The number of allylic oxidation sites excluding steroid dienone is 1. The number of Topliss-reactive ketones (excluding diaryl/α,β-unsaturated/α-hetero) is 1. The fourth-order valence-electron chi connectivity index (χ4n) is 1.99. The number of hydrogen-bond acceptors (Lipinski definition) is 4. The van der Waals surface area contributed by atoms with Crippen LogP contribution in [-0.2, 0) is 0 Å². The summed E-state index contributed by atoms with van der Waals surface area (Å²) in [6.45, 7) is 0. The molecule has 0 aliphatic carbocycles. The van der Waals surface area contributed by atoms with Crippen molar-refractivity contribution in [1.82, 2.24) is 4.90 Å². The third-order valence-electron chi connectivity index (χ3n) is 3.05. The molecule has 2 rings (SSSR count). The molecule has 0 aromatic heterocycles. The van der Waals surface area contributed by atoms with Crippen LogP contribution in [0, 0.1) is 0 Å². The highest BCUT2D eigenvalue weighted by Gasteiger charge is 2.20. The van der Waals surface area contributed by atoms with Gasteiger partial charge in [-0.05, 0) is 42.5 Å². The van der Waals surface area contributed by atoms with Crippen LogP contribution >= 0.6 is 23.2 Å². The highest BCUT2D eigenvalue weighted by molar-refractivity contribution is 6.31. The van der Waals surface area contributed by atoms with Crippen molar-refractivity contribution in [2.45, 2.75) is 0 Å². The zero-order valence-electron chi connectivity index (χ0n) is 13.5. The van der Waals surface area contributed by atoms with Crippen molar-refractivity contribution >= 4 is 29.0 Å². The van der Waals surface area contributed by atoms with Gasteiger partial charge >= 0.3 is 0 Å². The van der Waals surface area contributed by atoms with Gasteiger partial charge in [-0.3, -0.25) is 4.79 Å². The molecule has 0 aliphatic rings. The molecule has 0 radical (unpaired) electrons. The van der Waals surface area contributed by atoms with E-state index in [0.717, 1.165) is 0 Å². The highest BCUT2D eigenvalue weighted by atomic mass is 35.5. The maximum atomic E-state index is 12.9. The van der Waals surface area contributed by atoms with Gasteiger partial charge in [0.15, 0.2) is 5.76 Å². The Morgan fingerprint density at radius 2 is 1.67 bits per heavy atom. The molecular formula is C18H17Cl2NO3. The molecule has 0 aliphatic heterocycles. The number of halogens is 2. The van der Waals surface area contributed by atoms with Crippen LogP contribution in [0.3, 0.4) is 0 Å². The second-order valence-corrected chi connectivity index (χ2v) is 6.06. The molecule has 0 saturated carbocycles. The Bertz CT molecular complexity index is 755. The normalized spacial score (nSPS) is 11.1. The van der Waals surface area contributed by atoms with Crippen molar-refractivity contribution in [2.24, 2.45) is 0 Å². The summed E-state index contributed by atoms with van der Waals surface area (Å²) in [5.41, 5.74) is 0.326. The van der Waals surface area contributed by atoms with E-state index in [-0.39, 0.29) is 11.5 Å². The lowest BCUT2D eigenvalue weighted by molar-refractivity contribution is 0.0979. The Morgan fingerprint density at radius 3 is 2.25 bits per heavy atom. The maximum Gasteiger partial charge on any atom is 0.233 e. The van der Waals surface area contributed by atoms with E-state index in [1.54, 1.807) is 67.7 Å². The van der Waals surface area contributed by atoms with Gasteiger partial charge in [-0.2, -0.15) is 0 Å². The first-order valence-corrected chi connectivity index (χ1v) is 7.86. The van der Waals surface area contributed by atoms with E-state index in [1.807, 2.05) is 0 Å². The molecule has 0 saturated heterocycles. The lowest BCUT2D eigenvalue weighted by Crippen LogP contribution is -2.15. The predicted molar refractivity (Wildman–Crippen MR) is 96.2 cm³/mol. The number of benzene rings is 2. The van der Waals surface area contributed by atoms with Crippen LogP contribution in [0.25, 0.3) is 0 Å². The van der Waals surface area contributed by atoms with Crippen molar-refractivity contribution in [2.75, 3.05) is 21.2 Å². The second kappa shape index (κ2) is 8.08. The topological polar surface area (TPSA) is 38.8 Å². The van der Waals surface area contributed by atoms with Crippen molar-refractivity contribution < 1.29 is 14.3 Å². The van der Waals surface area contributed by atoms with Gasteiger partial charge < -0.3 is 14.4 Å². The second-order valence-electron chi connectivity index (χ2n) is 5.19. The van der Waals surface area contributed by atoms with E-state index in [1.165, 1.54) is 7.11 Å². The van der Waals surface area contributed by atoms with E-state index in [2.05, 4.69) is 0 Å². The maximum absolute atomic E-state index is 12.9. The summed E-state index contributed by atoms with van der Waals surface area (Å²) in [7, 11) is 5.09. The number of carbonyl (C=O) groups is 1. The molecule has 6 heteroatoms. The molecule has 126 valence electrons. The van der Waals surface area contributed by atoms with Crippen molar-refractivity contribution in [3.05, 3.63) is 70.0 Å². The summed E-state index contributed by atoms with van der Waals surface area (Å²) < 4.78 is 11.0. The van der Waals surface area contributed by atoms with Gasteiger partial charge in [-0.15, -0.1) is 0 Å². The number of rotatable bonds is 6. The van der Waals surface area contributed by atoms with Gasteiger partial charge in [0, 0.05) is 30.3 Å². The van der Waals surface area contributed by atoms with Crippen LogP contribution in [0.5, 0.6) is 11.5 Å². The van der Waals surface area contributed by atoms with Gasteiger partial charge in [0.25, 0.3) is 0 Å². The first-order valence-electron chi connectivity index (χ1n) is 7.10. The van der Waals surface area contributed by atoms with E-state index < -0.39 is 0 Å².